The zero-order valence-electron chi connectivity index (χ0n) is 18.2. The molecule has 0 aliphatic carbocycles. The summed E-state index contributed by atoms with van der Waals surface area (Å²) in [7, 11) is 0. The number of benzene rings is 1. The van der Waals surface area contributed by atoms with E-state index >= 15 is 0 Å². The van der Waals surface area contributed by atoms with Gasteiger partial charge in [0.25, 0.3) is 0 Å². The van der Waals surface area contributed by atoms with Gasteiger partial charge in [-0.1, -0.05) is 19.1 Å². The number of likely N-dealkylation sites (tertiary alicyclic amines) is 1. The van der Waals surface area contributed by atoms with E-state index in [4.69, 9.17) is 4.74 Å². The number of nitrogens with one attached hydrogen (secondary N) is 1. The Kier molecular flexibility index (Phi) is 6.39. The van der Waals surface area contributed by atoms with E-state index in [1.165, 1.54) is 0 Å². The molecule has 1 saturated heterocycles. The van der Waals surface area contributed by atoms with Crippen LogP contribution in [-0.2, 0) is 11.3 Å². The Morgan fingerprint density at radius 1 is 1.19 bits per heavy atom. The van der Waals surface area contributed by atoms with E-state index in [1.54, 1.807) is 6.20 Å². The van der Waals surface area contributed by atoms with Crippen molar-refractivity contribution in [3.8, 4) is 5.75 Å². The minimum absolute atomic E-state index is 0.000874. The number of pyridine rings is 1. The molecule has 4 rings (SSSR count). The number of fused-ring (bicyclic) bond motifs is 1. The normalized spacial score (nSPS) is 18.8. The number of carbonyl (C=O) groups excluding carboxylic acids is 2. The predicted octanol–water partition coefficient (Wildman–Crippen LogP) is 3.52. The Morgan fingerprint density at radius 3 is 2.71 bits per heavy atom. The number of piperidine rings is 1. The van der Waals surface area contributed by atoms with Crippen LogP contribution < -0.4 is 15.0 Å². The number of hydrogen-bond donors (Lipinski definition) is 1. The summed E-state index contributed by atoms with van der Waals surface area (Å²) >= 11 is 0. The van der Waals surface area contributed by atoms with Gasteiger partial charge in [-0.05, 0) is 56.0 Å². The number of carbonyl (C=O) groups is 2. The average molecular weight is 423 g/mol. The molecule has 31 heavy (non-hydrogen) atoms. The highest BCUT2D eigenvalue weighted by Crippen LogP contribution is 2.36. The molecule has 1 fully saturated rings. The Bertz CT molecular complexity index is 926. The molecule has 2 aromatic rings. The first kappa shape index (κ1) is 21.2. The number of ether oxygens (including phenoxy) is 1. The first-order chi connectivity index (χ1) is 15.0. The van der Waals surface area contributed by atoms with Crippen molar-refractivity contribution < 1.29 is 14.3 Å². The summed E-state index contributed by atoms with van der Waals surface area (Å²) in [5, 5.41) is 2.98. The number of rotatable bonds is 4. The van der Waals surface area contributed by atoms with Crippen LogP contribution in [0.25, 0.3) is 0 Å². The lowest BCUT2D eigenvalue weighted by Crippen LogP contribution is -2.52. The van der Waals surface area contributed by atoms with Crippen molar-refractivity contribution in [2.24, 2.45) is 5.92 Å². The third-order valence-electron chi connectivity index (χ3n) is 6.08. The van der Waals surface area contributed by atoms with Gasteiger partial charge < -0.3 is 15.0 Å². The van der Waals surface area contributed by atoms with Crippen LogP contribution in [0.4, 0.5) is 10.5 Å². The number of amides is 3. The molecule has 2 aliphatic rings. The second kappa shape index (κ2) is 9.37. The maximum atomic E-state index is 13.4. The molecule has 2 aliphatic heterocycles. The molecule has 0 radical (unpaired) electrons. The van der Waals surface area contributed by atoms with Gasteiger partial charge in [-0.3, -0.25) is 14.7 Å². The van der Waals surface area contributed by atoms with Gasteiger partial charge in [0.15, 0.2) is 0 Å². The van der Waals surface area contributed by atoms with Gasteiger partial charge in [-0.15, -0.1) is 0 Å². The van der Waals surface area contributed by atoms with Gasteiger partial charge in [0.05, 0.1) is 24.5 Å². The minimum Gasteiger partial charge on any atom is -0.486 e. The van der Waals surface area contributed by atoms with Crippen LogP contribution in [-0.4, -0.2) is 47.6 Å². The molecule has 0 bridgehead atoms. The Balaban J connectivity index is 1.36. The molecule has 3 amide bonds. The zero-order valence-corrected chi connectivity index (χ0v) is 18.2. The largest absolute Gasteiger partial charge is 0.486 e. The monoisotopic (exact) mass is 422 g/mol. The molecule has 1 N–H and O–H groups in total. The number of aryl methyl sites for hydroxylation is 1. The number of aromatic nitrogens is 1. The lowest BCUT2D eigenvalue weighted by molar-refractivity contribution is -0.126. The molecule has 7 nitrogen and oxygen atoms in total. The summed E-state index contributed by atoms with van der Waals surface area (Å²) < 4.78 is 6.05. The minimum atomic E-state index is -0.0737. The molecular weight excluding hydrogens is 392 g/mol. The SMILES string of the molecule is CCC1CN(C(=O)N2CCC(C(=O)NCc3ccccn3)CC2)c2cc(C)ccc2O1. The van der Waals surface area contributed by atoms with Crippen LogP contribution in [0, 0.1) is 12.8 Å². The third kappa shape index (κ3) is 4.81. The highest BCUT2D eigenvalue weighted by Gasteiger charge is 2.34. The summed E-state index contributed by atoms with van der Waals surface area (Å²) in [6.07, 6.45) is 3.90. The average Bonchev–Trinajstić information content (AvgIpc) is 2.82. The van der Waals surface area contributed by atoms with Gasteiger partial charge in [0, 0.05) is 25.2 Å². The standard InChI is InChI=1S/C24H30N4O3/c1-3-20-16-28(21-14-17(2)7-8-22(21)31-20)24(30)27-12-9-18(10-13-27)23(29)26-15-19-6-4-5-11-25-19/h4-8,11,14,18,20H,3,9-10,12-13,15-16H2,1-2H3,(H,26,29). The summed E-state index contributed by atoms with van der Waals surface area (Å²) in [6, 6.07) is 11.6. The van der Waals surface area contributed by atoms with Gasteiger partial charge >= 0.3 is 6.03 Å². The van der Waals surface area contributed by atoms with Gasteiger partial charge in [0.1, 0.15) is 11.9 Å². The summed E-state index contributed by atoms with van der Waals surface area (Å²) in [4.78, 5) is 33.9. The molecular formula is C24H30N4O3. The lowest BCUT2D eigenvalue weighted by Gasteiger charge is -2.39. The van der Waals surface area contributed by atoms with E-state index in [1.807, 2.05) is 53.1 Å². The Morgan fingerprint density at radius 2 is 2.00 bits per heavy atom. The summed E-state index contributed by atoms with van der Waals surface area (Å²) in [5.41, 5.74) is 2.78. The van der Waals surface area contributed by atoms with E-state index in [2.05, 4.69) is 17.2 Å². The Hall–Kier alpha value is -3.09. The van der Waals surface area contributed by atoms with Crippen LogP contribution in [0.2, 0.25) is 0 Å². The van der Waals surface area contributed by atoms with E-state index in [0.717, 1.165) is 29.1 Å². The van der Waals surface area contributed by atoms with E-state index in [9.17, 15) is 9.59 Å². The fraction of sp³-hybridized carbons (Fsp3) is 0.458. The number of nitrogens with zero attached hydrogens (tertiary/aromatic N) is 3. The van der Waals surface area contributed by atoms with Crippen LogP contribution in [0.3, 0.4) is 0 Å². The van der Waals surface area contributed by atoms with Crippen molar-refractivity contribution in [2.75, 3.05) is 24.5 Å². The first-order valence-corrected chi connectivity index (χ1v) is 11.1. The van der Waals surface area contributed by atoms with Crippen molar-refractivity contribution in [3.05, 3.63) is 53.9 Å². The number of hydrogen-bond acceptors (Lipinski definition) is 4. The van der Waals surface area contributed by atoms with Gasteiger partial charge in [-0.2, -0.15) is 0 Å². The highest BCUT2D eigenvalue weighted by molar-refractivity contribution is 5.94. The fourth-order valence-corrected chi connectivity index (χ4v) is 4.18. The highest BCUT2D eigenvalue weighted by atomic mass is 16.5. The molecule has 1 atom stereocenters. The quantitative estimate of drug-likeness (QED) is 0.818. The van der Waals surface area contributed by atoms with Crippen LogP contribution in [0.15, 0.2) is 42.6 Å². The second-order valence-electron chi connectivity index (χ2n) is 8.31. The third-order valence-corrected chi connectivity index (χ3v) is 6.08. The molecule has 1 aromatic carbocycles. The molecule has 3 heterocycles. The van der Waals surface area contributed by atoms with E-state index < -0.39 is 0 Å². The number of urea groups is 1. The van der Waals surface area contributed by atoms with Crippen LogP contribution in [0.1, 0.15) is 37.4 Å². The second-order valence-corrected chi connectivity index (χ2v) is 8.31. The predicted molar refractivity (Wildman–Crippen MR) is 119 cm³/mol. The lowest BCUT2D eigenvalue weighted by atomic mass is 9.96. The van der Waals surface area contributed by atoms with Crippen molar-refractivity contribution in [1.29, 1.82) is 0 Å². The van der Waals surface area contributed by atoms with Crippen molar-refractivity contribution in [2.45, 2.75) is 45.8 Å². The first-order valence-electron chi connectivity index (χ1n) is 11.1. The number of anilines is 1. The molecule has 0 spiro atoms. The maximum Gasteiger partial charge on any atom is 0.324 e. The summed E-state index contributed by atoms with van der Waals surface area (Å²) in [5.74, 6) is 0.729. The molecule has 7 heteroatoms. The van der Waals surface area contributed by atoms with Crippen molar-refractivity contribution >= 4 is 17.6 Å². The van der Waals surface area contributed by atoms with Crippen molar-refractivity contribution in [3.63, 3.8) is 0 Å². The van der Waals surface area contributed by atoms with E-state index in [-0.39, 0.29) is 24.0 Å². The van der Waals surface area contributed by atoms with Gasteiger partial charge in [-0.25, -0.2) is 4.79 Å². The van der Waals surface area contributed by atoms with Crippen LogP contribution >= 0.6 is 0 Å². The van der Waals surface area contributed by atoms with Gasteiger partial charge in [0.2, 0.25) is 5.91 Å². The smallest absolute Gasteiger partial charge is 0.324 e. The summed E-state index contributed by atoms with van der Waals surface area (Å²) in [6.45, 7) is 6.23. The zero-order chi connectivity index (χ0) is 21.8. The van der Waals surface area contributed by atoms with Crippen LogP contribution in [0.5, 0.6) is 5.75 Å². The topological polar surface area (TPSA) is 74.8 Å². The van der Waals surface area contributed by atoms with E-state index in [0.29, 0.717) is 39.0 Å². The maximum absolute atomic E-state index is 13.4. The fourth-order valence-electron chi connectivity index (χ4n) is 4.18. The molecule has 1 aromatic heterocycles. The molecule has 1 unspecified atom stereocenters. The molecule has 164 valence electrons. The Labute approximate surface area is 183 Å². The molecule has 0 saturated carbocycles. The van der Waals surface area contributed by atoms with Crippen molar-refractivity contribution in [1.82, 2.24) is 15.2 Å².